The fraction of sp³-hybridized carbons (Fsp3) is 0.0769. The lowest BCUT2D eigenvalue weighted by Gasteiger charge is -2.08. The monoisotopic (exact) mass is 278 g/mol. The molecule has 0 unspecified atom stereocenters. The quantitative estimate of drug-likeness (QED) is 0.453. The third-order valence-electron chi connectivity index (χ3n) is 2.49. The van der Waals surface area contributed by atoms with Crippen LogP contribution in [0.25, 0.3) is 0 Å². The molecule has 1 aromatic carbocycles. The van der Waals surface area contributed by atoms with E-state index in [2.05, 4.69) is 5.32 Å². The Hall–Kier alpha value is -2.27. The Morgan fingerprint density at radius 1 is 1.32 bits per heavy atom. The van der Waals surface area contributed by atoms with Gasteiger partial charge < -0.3 is 16.2 Å². The number of amides is 1. The van der Waals surface area contributed by atoms with Crippen molar-refractivity contribution < 1.29 is 14.5 Å². The van der Waals surface area contributed by atoms with Gasteiger partial charge in [0.2, 0.25) is 6.54 Å². The molecule has 0 saturated heterocycles. The predicted molar refractivity (Wildman–Crippen MR) is 72.8 cm³/mol. The lowest BCUT2D eigenvalue weighted by Crippen LogP contribution is -2.39. The molecule has 1 amide bonds. The molecule has 98 valence electrons. The lowest BCUT2D eigenvalue weighted by molar-refractivity contribution is -0.684. The highest BCUT2D eigenvalue weighted by Crippen LogP contribution is 2.31. The number of carbonyl (C=O) groups excluding carboxylic acids is 1. The van der Waals surface area contributed by atoms with Gasteiger partial charge in [0.25, 0.3) is 5.91 Å². The minimum Gasteiger partial charge on any atom is -0.506 e. The van der Waals surface area contributed by atoms with Crippen LogP contribution >= 0.6 is 11.6 Å². The van der Waals surface area contributed by atoms with Gasteiger partial charge in [-0.1, -0.05) is 17.7 Å². The molecule has 0 radical (unpaired) electrons. The Balaban J connectivity index is 2.09. The van der Waals surface area contributed by atoms with Gasteiger partial charge in [-0.2, -0.15) is 4.57 Å². The maximum Gasteiger partial charge on any atom is 0.290 e. The number of aromatic nitrogens is 1. The summed E-state index contributed by atoms with van der Waals surface area (Å²) in [6, 6.07) is 8.23. The van der Waals surface area contributed by atoms with Gasteiger partial charge in [-0.05, 0) is 6.07 Å². The summed E-state index contributed by atoms with van der Waals surface area (Å²) in [7, 11) is 0. The first kappa shape index (κ1) is 13.2. The van der Waals surface area contributed by atoms with E-state index in [9.17, 15) is 9.90 Å². The second kappa shape index (κ2) is 5.58. The van der Waals surface area contributed by atoms with Crippen molar-refractivity contribution in [2.45, 2.75) is 6.54 Å². The van der Waals surface area contributed by atoms with Crippen LogP contribution in [-0.2, 0) is 11.3 Å². The van der Waals surface area contributed by atoms with Gasteiger partial charge in [0, 0.05) is 18.2 Å². The van der Waals surface area contributed by atoms with Gasteiger partial charge in [0.1, 0.15) is 5.75 Å². The van der Waals surface area contributed by atoms with Gasteiger partial charge in [0.15, 0.2) is 12.4 Å². The van der Waals surface area contributed by atoms with E-state index in [1.54, 1.807) is 17.0 Å². The molecule has 0 fully saturated rings. The number of pyridine rings is 1. The van der Waals surface area contributed by atoms with Crippen molar-refractivity contribution in [3.63, 3.8) is 0 Å². The van der Waals surface area contributed by atoms with E-state index in [0.717, 1.165) is 0 Å². The lowest BCUT2D eigenvalue weighted by atomic mass is 10.2. The van der Waals surface area contributed by atoms with E-state index in [4.69, 9.17) is 17.3 Å². The summed E-state index contributed by atoms with van der Waals surface area (Å²) in [5.41, 5.74) is 6.03. The van der Waals surface area contributed by atoms with E-state index >= 15 is 0 Å². The van der Waals surface area contributed by atoms with Crippen LogP contribution < -0.4 is 15.6 Å². The van der Waals surface area contributed by atoms with Crippen LogP contribution in [0.3, 0.4) is 0 Å². The van der Waals surface area contributed by atoms with E-state index < -0.39 is 0 Å². The topological polar surface area (TPSA) is 79.2 Å². The summed E-state index contributed by atoms with van der Waals surface area (Å²) in [6.07, 6.45) is 3.55. The van der Waals surface area contributed by atoms with Crippen LogP contribution in [0.15, 0.2) is 42.7 Å². The molecule has 2 rings (SSSR count). The van der Waals surface area contributed by atoms with Crippen LogP contribution in [0.2, 0.25) is 5.02 Å². The number of halogens is 1. The van der Waals surface area contributed by atoms with Crippen molar-refractivity contribution in [2.24, 2.45) is 0 Å². The molecular formula is C13H13ClN3O2+. The smallest absolute Gasteiger partial charge is 0.290 e. The van der Waals surface area contributed by atoms with Crippen LogP contribution in [0.5, 0.6) is 5.75 Å². The summed E-state index contributed by atoms with van der Waals surface area (Å²) in [5, 5.41) is 12.5. The number of hydrogen-bond donors (Lipinski definition) is 3. The van der Waals surface area contributed by atoms with Crippen molar-refractivity contribution in [2.75, 3.05) is 11.1 Å². The molecule has 0 bridgehead atoms. The third-order valence-corrected chi connectivity index (χ3v) is 2.82. The highest BCUT2D eigenvalue weighted by molar-refractivity contribution is 6.33. The van der Waals surface area contributed by atoms with Crippen LogP contribution in [0, 0.1) is 0 Å². The number of rotatable bonds is 3. The number of aromatic hydroxyl groups is 1. The first-order valence-electron chi connectivity index (χ1n) is 5.58. The number of nitrogens with zero attached hydrogens (tertiary/aromatic N) is 1. The molecule has 6 heteroatoms. The van der Waals surface area contributed by atoms with Crippen LogP contribution in [-0.4, -0.2) is 11.0 Å². The van der Waals surface area contributed by atoms with E-state index in [1.807, 2.05) is 18.2 Å². The van der Waals surface area contributed by atoms with Crippen molar-refractivity contribution in [1.29, 1.82) is 0 Å². The molecule has 0 atom stereocenters. The van der Waals surface area contributed by atoms with Gasteiger partial charge in [0.05, 0.1) is 16.4 Å². The van der Waals surface area contributed by atoms with E-state index in [-0.39, 0.29) is 34.6 Å². The number of carbonyl (C=O) groups is 1. The normalized spacial score (nSPS) is 10.2. The minimum absolute atomic E-state index is 0.117. The molecule has 0 saturated carbocycles. The number of benzene rings is 1. The van der Waals surface area contributed by atoms with Gasteiger partial charge in [-0.15, -0.1) is 0 Å². The predicted octanol–water partition coefficient (Wildman–Crippen LogP) is 1.55. The number of nitrogens with two attached hydrogens (primary N) is 1. The molecule has 5 nitrogen and oxygen atoms in total. The zero-order valence-corrected chi connectivity index (χ0v) is 10.8. The number of nitrogen functional groups attached to an aromatic ring is 1. The fourth-order valence-corrected chi connectivity index (χ4v) is 1.74. The van der Waals surface area contributed by atoms with Crippen molar-refractivity contribution in [3.8, 4) is 5.75 Å². The second-order valence-electron chi connectivity index (χ2n) is 3.99. The molecule has 4 N–H and O–H groups in total. The number of anilines is 2. The molecule has 1 aromatic heterocycles. The average Bonchev–Trinajstić information content (AvgIpc) is 2.37. The SMILES string of the molecule is Nc1cc(O)c(NC(=O)C[n+]2ccccc2)cc1Cl. The summed E-state index contributed by atoms with van der Waals surface area (Å²) >= 11 is 5.84. The van der Waals surface area contributed by atoms with Crippen LogP contribution in [0.1, 0.15) is 0 Å². The molecule has 0 spiro atoms. The molecular weight excluding hydrogens is 266 g/mol. The van der Waals surface area contributed by atoms with Crippen molar-refractivity contribution in [3.05, 3.63) is 47.7 Å². The first-order valence-corrected chi connectivity index (χ1v) is 5.96. The zero-order valence-electron chi connectivity index (χ0n) is 10.0. The summed E-state index contributed by atoms with van der Waals surface area (Å²) < 4.78 is 1.71. The Bertz CT molecular complexity index is 602. The minimum atomic E-state index is -0.271. The maximum absolute atomic E-state index is 11.8. The van der Waals surface area contributed by atoms with Gasteiger partial charge in [-0.3, -0.25) is 4.79 Å². The van der Waals surface area contributed by atoms with Crippen LogP contribution in [0.4, 0.5) is 11.4 Å². The van der Waals surface area contributed by atoms with Gasteiger partial charge >= 0.3 is 0 Å². The fourth-order valence-electron chi connectivity index (χ4n) is 1.57. The molecule has 1 heterocycles. The number of phenols is 1. The highest BCUT2D eigenvalue weighted by atomic mass is 35.5. The zero-order chi connectivity index (χ0) is 13.8. The van der Waals surface area contributed by atoms with E-state index in [0.29, 0.717) is 0 Å². The summed E-state index contributed by atoms with van der Waals surface area (Å²) in [5.74, 6) is -0.388. The molecule has 19 heavy (non-hydrogen) atoms. The third kappa shape index (κ3) is 3.35. The Labute approximate surface area is 115 Å². The highest BCUT2D eigenvalue weighted by Gasteiger charge is 2.12. The first-order chi connectivity index (χ1) is 9.06. The number of phenolic OH excluding ortho intramolecular Hbond substituents is 1. The largest absolute Gasteiger partial charge is 0.506 e. The summed E-state index contributed by atoms with van der Waals surface area (Å²) in [6.45, 7) is 0.141. The van der Waals surface area contributed by atoms with Crippen molar-refractivity contribution >= 4 is 28.9 Å². The molecule has 0 aliphatic heterocycles. The standard InChI is InChI=1S/C13H12ClN3O2/c14-9-6-11(12(18)7-10(9)15)16-13(19)8-17-4-2-1-3-5-17/h1-7H,8,15H2,(H-,16,18,19)/p+1. The maximum atomic E-state index is 11.8. The molecule has 0 aliphatic carbocycles. The number of nitrogens with one attached hydrogen (secondary N) is 1. The van der Waals surface area contributed by atoms with Crippen molar-refractivity contribution in [1.82, 2.24) is 0 Å². The molecule has 0 aliphatic rings. The Morgan fingerprint density at radius 3 is 2.68 bits per heavy atom. The van der Waals surface area contributed by atoms with E-state index in [1.165, 1.54) is 12.1 Å². The average molecular weight is 279 g/mol. The Morgan fingerprint density at radius 2 is 2.00 bits per heavy atom. The second-order valence-corrected chi connectivity index (χ2v) is 4.39. The molecule has 2 aromatic rings. The van der Waals surface area contributed by atoms with Gasteiger partial charge in [-0.25, -0.2) is 0 Å². The Kier molecular flexibility index (Phi) is 3.87. The summed E-state index contributed by atoms with van der Waals surface area (Å²) in [4.78, 5) is 11.8. The number of hydrogen-bond acceptors (Lipinski definition) is 3.